The maximum absolute atomic E-state index is 13.3. The van der Waals surface area contributed by atoms with Gasteiger partial charge in [-0.2, -0.15) is 13.2 Å². The molecular formula is C15H15F3N2O2. The fraction of sp³-hybridized carbons (Fsp3) is 0.400. The van der Waals surface area contributed by atoms with Crippen molar-refractivity contribution in [1.29, 1.82) is 0 Å². The van der Waals surface area contributed by atoms with E-state index < -0.39 is 17.3 Å². The van der Waals surface area contributed by atoms with Gasteiger partial charge in [-0.25, -0.2) is 0 Å². The second-order valence-electron chi connectivity index (χ2n) is 5.37. The number of fused-ring (bicyclic) bond motifs is 3. The Labute approximate surface area is 124 Å². The number of benzene rings is 1. The molecule has 2 aromatic rings. The summed E-state index contributed by atoms with van der Waals surface area (Å²) >= 11 is 0. The Balaban J connectivity index is 2.34. The molecule has 1 atom stereocenters. The van der Waals surface area contributed by atoms with Gasteiger partial charge in [-0.3, -0.25) is 4.79 Å². The number of nitrogens with zero attached hydrogens (tertiary/aromatic N) is 1. The number of alkyl halides is 3. The molecule has 4 nitrogen and oxygen atoms in total. The van der Waals surface area contributed by atoms with Crippen LogP contribution in [0.4, 0.5) is 18.9 Å². The number of hydrogen-bond acceptors (Lipinski definition) is 3. The van der Waals surface area contributed by atoms with Crippen molar-refractivity contribution in [3.63, 3.8) is 0 Å². The molecule has 7 heteroatoms. The normalized spacial score (nSPS) is 18.2. The van der Waals surface area contributed by atoms with Crippen LogP contribution in [0.25, 0.3) is 10.9 Å². The molecule has 118 valence electrons. The van der Waals surface area contributed by atoms with Crippen LogP contribution in [0.3, 0.4) is 0 Å². The maximum Gasteiger partial charge on any atom is 0.417 e. The number of halogens is 3. The third-order valence-electron chi connectivity index (χ3n) is 4.06. The van der Waals surface area contributed by atoms with Gasteiger partial charge in [0.1, 0.15) is 6.61 Å². The van der Waals surface area contributed by atoms with E-state index in [1.807, 2.05) is 18.9 Å². The average molecular weight is 312 g/mol. The van der Waals surface area contributed by atoms with E-state index in [1.165, 1.54) is 6.07 Å². The number of nitrogens with one attached hydrogen (secondary N) is 1. The van der Waals surface area contributed by atoms with Crippen molar-refractivity contribution in [1.82, 2.24) is 4.98 Å². The number of aromatic nitrogens is 1. The molecule has 1 aliphatic heterocycles. The van der Waals surface area contributed by atoms with Crippen molar-refractivity contribution >= 4 is 16.6 Å². The Bertz CT molecular complexity index is 783. The highest BCUT2D eigenvalue weighted by atomic mass is 19.4. The first-order valence-electron chi connectivity index (χ1n) is 6.95. The molecule has 0 bridgehead atoms. The number of aromatic amines is 1. The highest BCUT2D eigenvalue weighted by Gasteiger charge is 2.36. The summed E-state index contributed by atoms with van der Waals surface area (Å²) in [5.41, 5.74) is -1.02. The second-order valence-corrected chi connectivity index (χ2v) is 5.37. The molecule has 0 amide bonds. The summed E-state index contributed by atoms with van der Waals surface area (Å²) in [6, 6.07) is 3.86. The third-order valence-corrected chi connectivity index (χ3v) is 4.06. The van der Waals surface area contributed by atoms with Crippen molar-refractivity contribution in [3.05, 3.63) is 34.1 Å². The van der Waals surface area contributed by atoms with Gasteiger partial charge >= 0.3 is 6.18 Å². The molecule has 0 aliphatic carbocycles. The first-order valence-corrected chi connectivity index (χ1v) is 6.95. The van der Waals surface area contributed by atoms with Crippen LogP contribution < -0.4 is 15.2 Å². The number of pyridine rings is 1. The van der Waals surface area contributed by atoms with Crippen molar-refractivity contribution in [2.45, 2.75) is 25.6 Å². The Morgan fingerprint density at radius 3 is 2.77 bits per heavy atom. The molecule has 22 heavy (non-hydrogen) atoms. The molecule has 1 aliphatic rings. The van der Waals surface area contributed by atoms with Crippen molar-refractivity contribution in [3.8, 4) is 5.75 Å². The van der Waals surface area contributed by atoms with Crippen LogP contribution in [0, 0.1) is 0 Å². The zero-order valence-corrected chi connectivity index (χ0v) is 12.1. The van der Waals surface area contributed by atoms with Crippen LogP contribution >= 0.6 is 0 Å². The molecule has 0 saturated carbocycles. The minimum Gasteiger partial charge on any atom is -0.489 e. The second kappa shape index (κ2) is 4.93. The Kier molecular flexibility index (Phi) is 3.30. The number of anilines is 1. The number of rotatable bonds is 1. The molecule has 0 radical (unpaired) electrons. The van der Waals surface area contributed by atoms with Gasteiger partial charge in [0.25, 0.3) is 0 Å². The molecule has 1 aromatic heterocycles. The van der Waals surface area contributed by atoms with Crippen LogP contribution in [0.2, 0.25) is 0 Å². The molecule has 3 rings (SSSR count). The largest absolute Gasteiger partial charge is 0.489 e. The Morgan fingerprint density at radius 1 is 1.41 bits per heavy atom. The maximum atomic E-state index is 13.3. The molecule has 0 saturated heterocycles. The number of H-pyrrole nitrogens is 1. The summed E-state index contributed by atoms with van der Waals surface area (Å²) in [6.45, 7) is 2.31. The van der Waals surface area contributed by atoms with Crippen LogP contribution in [-0.2, 0) is 6.18 Å². The monoisotopic (exact) mass is 312 g/mol. The van der Waals surface area contributed by atoms with Crippen LogP contribution in [-0.4, -0.2) is 24.7 Å². The Hall–Kier alpha value is -2.18. The lowest BCUT2D eigenvalue weighted by Gasteiger charge is -2.36. The summed E-state index contributed by atoms with van der Waals surface area (Å²) in [5.74, 6) is 0.174. The van der Waals surface area contributed by atoms with Gasteiger partial charge in [0, 0.05) is 13.1 Å². The summed E-state index contributed by atoms with van der Waals surface area (Å²) < 4.78 is 45.5. The van der Waals surface area contributed by atoms with Crippen LogP contribution in [0.15, 0.2) is 23.0 Å². The number of likely N-dealkylation sites (N-methyl/N-ethyl adjacent to an activating group) is 1. The lowest BCUT2D eigenvalue weighted by atomic mass is 10.0. The molecule has 0 unspecified atom stereocenters. The molecule has 0 fully saturated rings. The SMILES string of the molecule is CC[C@@H]1COc2c(ccc3[nH]c(=O)cc(C(F)(F)F)c23)N1C. The zero-order valence-electron chi connectivity index (χ0n) is 12.1. The molecule has 0 spiro atoms. The molecule has 2 heterocycles. The number of ether oxygens (including phenoxy) is 1. The van der Waals surface area contributed by atoms with Gasteiger partial charge < -0.3 is 14.6 Å². The van der Waals surface area contributed by atoms with E-state index in [2.05, 4.69) is 4.98 Å². The predicted octanol–water partition coefficient (Wildman–Crippen LogP) is 3.15. The van der Waals surface area contributed by atoms with E-state index in [4.69, 9.17) is 4.74 Å². The fourth-order valence-corrected chi connectivity index (χ4v) is 2.84. The van der Waals surface area contributed by atoms with Gasteiger partial charge in [0.2, 0.25) is 5.56 Å². The smallest absolute Gasteiger partial charge is 0.417 e. The van der Waals surface area contributed by atoms with E-state index in [0.717, 1.165) is 6.42 Å². The van der Waals surface area contributed by atoms with E-state index in [1.54, 1.807) is 6.07 Å². The summed E-state index contributed by atoms with van der Waals surface area (Å²) in [5, 5.41) is -0.0917. The average Bonchev–Trinajstić information content (AvgIpc) is 2.45. The van der Waals surface area contributed by atoms with Crippen molar-refractivity contribution in [2.75, 3.05) is 18.6 Å². The minimum atomic E-state index is -4.62. The van der Waals surface area contributed by atoms with Crippen LogP contribution in [0.1, 0.15) is 18.9 Å². The Morgan fingerprint density at radius 2 is 2.14 bits per heavy atom. The summed E-state index contributed by atoms with van der Waals surface area (Å²) in [4.78, 5) is 15.8. The van der Waals surface area contributed by atoms with E-state index >= 15 is 0 Å². The number of hydrogen-bond donors (Lipinski definition) is 1. The fourth-order valence-electron chi connectivity index (χ4n) is 2.84. The summed E-state index contributed by atoms with van der Waals surface area (Å²) in [6.07, 6.45) is -3.79. The van der Waals surface area contributed by atoms with Gasteiger partial charge in [0.05, 0.1) is 28.2 Å². The van der Waals surface area contributed by atoms with Crippen LogP contribution in [0.5, 0.6) is 5.75 Å². The summed E-state index contributed by atoms with van der Waals surface area (Å²) in [7, 11) is 1.83. The lowest BCUT2D eigenvalue weighted by Crippen LogP contribution is -2.40. The lowest BCUT2D eigenvalue weighted by molar-refractivity contribution is -0.136. The van der Waals surface area contributed by atoms with Gasteiger partial charge in [-0.15, -0.1) is 0 Å². The zero-order chi connectivity index (χ0) is 16.1. The van der Waals surface area contributed by atoms with Gasteiger partial charge in [-0.05, 0) is 18.6 Å². The predicted molar refractivity (Wildman–Crippen MR) is 77.5 cm³/mol. The van der Waals surface area contributed by atoms with Gasteiger partial charge in [-0.1, -0.05) is 6.92 Å². The standard InChI is InChI=1S/C15H15F3N2O2/c1-3-8-7-22-14-11(20(8)2)5-4-10-13(14)9(15(16,17)18)6-12(21)19-10/h4-6,8H,3,7H2,1-2H3,(H,19,21)/t8-/m1/s1. The van der Waals surface area contributed by atoms with Gasteiger partial charge in [0.15, 0.2) is 5.75 Å². The van der Waals surface area contributed by atoms with E-state index in [0.29, 0.717) is 18.4 Å². The highest BCUT2D eigenvalue weighted by molar-refractivity contribution is 5.94. The quantitative estimate of drug-likeness (QED) is 0.880. The topological polar surface area (TPSA) is 45.3 Å². The van der Waals surface area contributed by atoms with Crippen molar-refractivity contribution in [2.24, 2.45) is 0 Å². The first kappa shape index (κ1) is 14.7. The first-order chi connectivity index (χ1) is 10.3. The highest BCUT2D eigenvalue weighted by Crippen LogP contribution is 2.44. The third kappa shape index (κ3) is 2.20. The van der Waals surface area contributed by atoms with E-state index in [9.17, 15) is 18.0 Å². The molecule has 1 aromatic carbocycles. The molecular weight excluding hydrogens is 297 g/mol. The van der Waals surface area contributed by atoms with Crippen molar-refractivity contribution < 1.29 is 17.9 Å². The molecule has 1 N–H and O–H groups in total. The van der Waals surface area contributed by atoms with E-state index in [-0.39, 0.29) is 22.7 Å². The minimum absolute atomic E-state index is 0.0917.